The van der Waals surface area contributed by atoms with E-state index >= 15 is 0 Å². The molecular formula is C17H16N2O3S2. The predicted octanol–water partition coefficient (Wildman–Crippen LogP) is 4.46. The molecule has 1 aliphatic heterocycles. The summed E-state index contributed by atoms with van der Waals surface area (Å²) in [5.41, 5.74) is 0.828. The third kappa shape index (κ3) is 3.27. The van der Waals surface area contributed by atoms with Crippen LogP contribution < -0.4 is 4.90 Å². The van der Waals surface area contributed by atoms with E-state index in [9.17, 15) is 14.9 Å². The summed E-state index contributed by atoms with van der Waals surface area (Å²) in [6.07, 6.45) is 2.73. The second-order valence-electron chi connectivity index (χ2n) is 5.27. The second-order valence-corrected chi connectivity index (χ2v) is 7.28. The summed E-state index contributed by atoms with van der Waals surface area (Å²) in [7, 11) is 0. The fraction of sp³-hybridized carbons (Fsp3) is 0.235. The van der Waals surface area contributed by atoms with Crippen molar-refractivity contribution < 1.29 is 9.72 Å². The standard InChI is InChI=1S/C17H16N2O3S2/c1-23-12-7-8-14(19(21)22)13(11-12)17(20)18-9-4-10-24-16-6-3-2-5-15(16)18/h2-3,5-8,11H,4,9-10H2,1H3. The van der Waals surface area contributed by atoms with Gasteiger partial charge < -0.3 is 4.90 Å². The summed E-state index contributed by atoms with van der Waals surface area (Å²) in [6, 6.07) is 12.4. The highest BCUT2D eigenvalue weighted by atomic mass is 32.2. The molecule has 0 unspecified atom stereocenters. The smallest absolute Gasteiger partial charge is 0.282 e. The van der Waals surface area contributed by atoms with Gasteiger partial charge in [-0.1, -0.05) is 12.1 Å². The molecular weight excluding hydrogens is 344 g/mol. The van der Waals surface area contributed by atoms with E-state index in [4.69, 9.17) is 0 Å². The number of benzene rings is 2. The van der Waals surface area contributed by atoms with Crippen LogP contribution in [0.15, 0.2) is 52.3 Å². The number of anilines is 1. The number of para-hydroxylation sites is 1. The van der Waals surface area contributed by atoms with Crippen molar-refractivity contribution in [2.45, 2.75) is 16.2 Å². The fourth-order valence-corrected chi connectivity index (χ4v) is 4.09. The van der Waals surface area contributed by atoms with Crippen LogP contribution in [0, 0.1) is 10.1 Å². The molecule has 1 aliphatic rings. The summed E-state index contributed by atoms with van der Waals surface area (Å²) in [5, 5.41) is 11.3. The normalized spacial score (nSPS) is 14.0. The lowest BCUT2D eigenvalue weighted by atomic mass is 10.1. The zero-order chi connectivity index (χ0) is 17.1. The summed E-state index contributed by atoms with van der Waals surface area (Å²) in [6.45, 7) is 0.559. The maximum absolute atomic E-state index is 13.1. The Morgan fingerprint density at radius 3 is 2.83 bits per heavy atom. The van der Waals surface area contributed by atoms with Crippen LogP contribution in [-0.2, 0) is 0 Å². The van der Waals surface area contributed by atoms with Gasteiger partial charge in [-0.3, -0.25) is 14.9 Å². The number of hydrogen-bond donors (Lipinski definition) is 0. The van der Waals surface area contributed by atoms with Crippen LogP contribution >= 0.6 is 23.5 Å². The van der Waals surface area contributed by atoms with Gasteiger partial charge >= 0.3 is 0 Å². The number of fused-ring (bicyclic) bond motifs is 1. The van der Waals surface area contributed by atoms with Crippen LogP contribution in [0.5, 0.6) is 0 Å². The van der Waals surface area contributed by atoms with Gasteiger partial charge in [-0.25, -0.2) is 0 Å². The molecule has 7 heteroatoms. The lowest BCUT2D eigenvalue weighted by Gasteiger charge is -2.22. The molecule has 0 N–H and O–H groups in total. The van der Waals surface area contributed by atoms with Gasteiger partial charge in [0.15, 0.2) is 0 Å². The molecule has 0 spiro atoms. The summed E-state index contributed by atoms with van der Waals surface area (Å²) < 4.78 is 0. The van der Waals surface area contributed by atoms with E-state index in [1.54, 1.807) is 28.8 Å². The van der Waals surface area contributed by atoms with Crippen LogP contribution in [0.3, 0.4) is 0 Å². The van der Waals surface area contributed by atoms with Crippen molar-refractivity contribution in [2.75, 3.05) is 23.5 Å². The van der Waals surface area contributed by atoms with Gasteiger partial charge in [0, 0.05) is 22.4 Å². The quantitative estimate of drug-likeness (QED) is 0.459. The molecule has 1 heterocycles. The van der Waals surface area contributed by atoms with Gasteiger partial charge in [-0.15, -0.1) is 23.5 Å². The first kappa shape index (κ1) is 16.9. The number of nitro groups is 1. The number of amides is 1. The minimum atomic E-state index is -0.490. The SMILES string of the molecule is CSc1ccc([N+](=O)[O-])c(C(=O)N2CCCSc3ccccc32)c1. The number of carbonyl (C=O) groups excluding carboxylic acids is 1. The summed E-state index contributed by atoms with van der Waals surface area (Å²) in [5.74, 6) is 0.612. The van der Waals surface area contributed by atoms with Gasteiger partial charge in [0.2, 0.25) is 0 Å². The Kier molecular flexibility index (Phi) is 5.11. The molecule has 0 radical (unpaired) electrons. The maximum Gasteiger partial charge on any atom is 0.282 e. The molecule has 3 rings (SSSR count). The van der Waals surface area contributed by atoms with E-state index in [2.05, 4.69) is 0 Å². The monoisotopic (exact) mass is 360 g/mol. The highest BCUT2D eigenvalue weighted by Gasteiger charge is 2.28. The van der Waals surface area contributed by atoms with Gasteiger partial charge in [0.25, 0.3) is 11.6 Å². The molecule has 0 saturated heterocycles. The summed E-state index contributed by atoms with van der Waals surface area (Å²) in [4.78, 5) is 27.5. The highest BCUT2D eigenvalue weighted by molar-refractivity contribution is 7.99. The first-order valence-corrected chi connectivity index (χ1v) is 9.69. The predicted molar refractivity (Wildman–Crippen MR) is 98.3 cm³/mol. The number of carbonyl (C=O) groups is 1. The van der Waals surface area contributed by atoms with Crippen molar-refractivity contribution in [1.82, 2.24) is 0 Å². The molecule has 0 aliphatic carbocycles. The Bertz CT molecular complexity index is 795. The van der Waals surface area contributed by atoms with Crippen molar-refractivity contribution >= 4 is 40.8 Å². The van der Waals surface area contributed by atoms with Crippen LogP contribution in [0.25, 0.3) is 0 Å². The third-order valence-electron chi connectivity index (χ3n) is 3.82. The molecule has 0 aromatic heterocycles. The average molecular weight is 360 g/mol. The Balaban J connectivity index is 2.07. The van der Waals surface area contributed by atoms with Crippen LogP contribution in [0.4, 0.5) is 11.4 Å². The number of nitro benzene ring substituents is 1. The molecule has 0 saturated carbocycles. The van der Waals surface area contributed by atoms with Gasteiger partial charge in [0.1, 0.15) is 5.56 Å². The fourth-order valence-electron chi connectivity index (χ4n) is 2.66. The zero-order valence-corrected chi connectivity index (χ0v) is 14.7. The van der Waals surface area contributed by atoms with Crippen LogP contribution in [0.1, 0.15) is 16.8 Å². The van der Waals surface area contributed by atoms with Crippen molar-refractivity contribution in [1.29, 1.82) is 0 Å². The van der Waals surface area contributed by atoms with Gasteiger partial charge in [0.05, 0.1) is 10.6 Å². The molecule has 24 heavy (non-hydrogen) atoms. The van der Waals surface area contributed by atoms with Gasteiger partial charge in [-0.05, 0) is 42.7 Å². The number of nitrogens with zero attached hydrogens (tertiary/aromatic N) is 2. The minimum absolute atomic E-state index is 0.146. The Morgan fingerprint density at radius 2 is 2.08 bits per heavy atom. The topological polar surface area (TPSA) is 63.5 Å². The summed E-state index contributed by atoms with van der Waals surface area (Å²) >= 11 is 3.17. The zero-order valence-electron chi connectivity index (χ0n) is 13.1. The lowest BCUT2D eigenvalue weighted by Crippen LogP contribution is -2.32. The highest BCUT2D eigenvalue weighted by Crippen LogP contribution is 2.35. The largest absolute Gasteiger partial charge is 0.307 e. The van der Waals surface area contributed by atoms with Crippen molar-refractivity contribution in [3.05, 3.63) is 58.1 Å². The van der Waals surface area contributed by atoms with Crippen LogP contribution in [-0.4, -0.2) is 29.4 Å². The number of thioether (sulfide) groups is 2. The lowest BCUT2D eigenvalue weighted by molar-refractivity contribution is -0.385. The Morgan fingerprint density at radius 1 is 1.29 bits per heavy atom. The molecule has 0 bridgehead atoms. The van der Waals surface area contributed by atoms with E-state index in [0.717, 1.165) is 27.7 Å². The third-order valence-corrected chi connectivity index (χ3v) is 5.69. The molecule has 2 aromatic carbocycles. The van der Waals surface area contributed by atoms with Crippen molar-refractivity contribution in [3.8, 4) is 0 Å². The Labute approximate surface area is 148 Å². The first-order valence-electron chi connectivity index (χ1n) is 7.48. The molecule has 0 atom stereocenters. The molecule has 5 nitrogen and oxygen atoms in total. The molecule has 124 valence electrons. The Hall–Kier alpha value is -1.99. The van der Waals surface area contributed by atoms with Gasteiger partial charge in [-0.2, -0.15) is 0 Å². The second kappa shape index (κ2) is 7.27. The number of hydrogen-bond acceptors (Lipinski definition) is 5. The van der Waals surface area contributed by atoms with E-state index in [0.29, 0.717) is 6.54 Å². The van der Waals surface area contributed by atoms with E-state index in [-0.39, 0.29) is 17.2 Å². The van der Waals surface area contributed by atoms with Crippen molar-refractivity contribution in [2.24, 2.45) is 0 Å². The van der Waals surface area contributed by atoms with Crippen molar-refractivity contribution in [3.63, 3.8) is 0 Å². The van der Waals surface area contributed by atoms with E-state index in [1.807, 2.05) is 30.5 Å². The maximum atomic E-state index is 13.1. The molecule has 0 fully saturated rings. The molecule has 1 amide bonds. The first-order chi connectivity index (χ1) is 11.6. The van der Waals surface area contributed by atoms with Crippen LogP contribution in [0.2, 0.25) is 0 Å². The number of rotatable bonds is 3. The van der Waals surface area contributed by atoms with E-state index in [1.165, 1.54) is 17.8 Å². The minimum Gasteiger partial charge on any atom is -0.307 e. The molecule has 2 aromatic rings. The van der Waals surface area contributed by atoms with E-state index < -0.39 is 4.92 Å². The average Bonchev–Trinajstić information content (AvgIpc) is 2.83.